The van der Waals surface area contributed by atoms with E-state index < -0.39 is 21.6 Å². The monoisotopic (exact) mass is 518 g/mol. The number of hydrogen-bond donors (Lipinski definition) is 2. The molecule has 0 bridgehead atoms. The maximum absolute atomic E-state index is 13.7. The summed E-state index contributed by atoms with van der Waals surface area (Å²) in [5, 5.41) is 21.5. The predicted molar refractivity (Wildman–Crippen MR) is 136 cm³/mol. The number of anilines is 1. The van der Waals surface area contributed by atoms with E-state index in [1.807, 2.05) is 13.8 Å². The summed E-state index contributed by atoms with van der Waals surface area (Å²) < 4.78 is 34.5. The van der Waals surface area contributed by atoms with Crippen molar-refractivity contribution in [3.63, 3.8) is 0 Å². The lowest BCUT2D eigenvalue weighted by atomic mass is 10.1. The average molecular weight is 519 g/mol. The van der Waals surface area contributed by atoms with Crippen LogP contribution in [0.3, 0.4) is 0 Å². The van der Waals surface area contributed by atoms with Gasteiger partial charge in [0.2, 0.25) is 4.34 Å². The van der Waals surface area contributed by atoms with Crippen molar-refractivity contribution in [2.24, 2.45) is 0 Å². The Bertz CT molecular complexity index is 1360. The fourth-order valence-corrected chi connectivity index (χ4v) is 6.18. The minimum Gasteiger partial charge on any atom is -0.487 e. The number of carboxylic acid groups (broad SMARTS) is 1. The van der Waals surface area contributed by atoms with Gasteiger partial charge in [-0.15, -0.1) is 11.3 Å². The quantitative estimate of drug-likeness (QED) is 0.424. The standard InChI is InChI=1S/C25H30N2O6S2/c1-15-10-21(27(14-25(5,6)30)35(31,32)24-26-18(4)13-34-24)22(11-16(15)2)33-12-20-8-7-19(23(28)29)9-17(20)3/h7-11,13,30H,12,14H2,1-6H3,(H,28,29). The molecule has 10 heteroatoms. The van der Waals surface area contributed by atoms with Crippen LogP contribution in [-0.2, 0) is 16.6 Å². The number of benzene rings is 2. The number of aromatic carboxylic acids is 1. The van der Waals surface area contributed by atoms with Crippen LogP contribution in [0.15, 0.2) is 40.1 Å². The van der Waals surface area contributed by atoms with Crippen molar-refractivity contribution in [1.82, 2.24) is 4.98 Å². The van der Waals surface area contributed by atoms with Crippen LogP contribution in [0.2, 0.25) is 0 Å². The lowest BCUT2D eigenvalue weighted by molar-refractivity contribution is 0.0696. The van der Waals surface area contributed by atoms with Crippen molar-refractivity contribution in [1.29, 1.82) is 0 Å². The molecular weight excluding hydrogens is 488 g/mol. The Balaban J connectivity index is 2.07. The molecule has 0 aliphatic carbocycles. The Kier molecular flexibility index (Phi) is 7.59. The maximum atomic E-state index is 13.7. The number of thiazole rings is 1. The summed E-state index contributed by atoms with van der Waals surface area (Å²) in [6.45, 7) is 10.3. The maximum Gasteiger partial charge on any atom is 0.335 e. The molecule has 0 spiro atoms. The zero-order valence-electron chi connectivity index (χ0n) is 20.6. The van der Waals surface area contributed by atoms with Crippen LogP contribution in [0.25, 0.3) is 0 Å². The Morgan fingerprint density at radius 2 is 1.74 bits per heavy atom. The molecule has 0 aliphatic heterocycles. The number of sulfonamides is 1. The molecule has 0 fully saturated rings. The first kappa shape index (κ1) is 26.7. The fraction of sp³-hybridized carbons (Fsp3) is 0.360. The highest BCUT2D eigenvalue weighted by Crippen LogP contribution is 2.37. The van der Waals surface area contributed by atoms with Crippen LogP contribution in [0, 0.1) is 27.7 Å². The summed E-state index contributed by atoms with van der Waals surface area (Å²) in [7, 11) is -4.09. The molecule has 0 amide bonds. The van der Waals surface area contributed by atoms with Crippen molar-refractivity contribution < 1.29 is 28.2 Å². The van der Waals surface area contributed by atoms with E-state index in [-0.39, 0.29) is 23.1 Å². The molecule has 0 saturated heterocycles. The molecule has 8 nitrogen and oxygen atoms in total. The van der Waals surface area contributed by atoms with Gasteiger partial charge in [-0.3, -0.25) is 4.31 Å². The Hall–Kier alpha value is -2.95. The van der Waals surface area contributed by atoms with Crippen LogP contribution in [0.5, 0.6) is 5.75 Å². The van der Waals surface area contributed by atoms with Gasteiger partial charge in [-0.05, 0) is 88.1 Å². The molecule has 0 radical (unpaired) electrons. The van der Waals surface area contributed by atoms with Gasteiger partial charge in [0.05, 0.1) is 23.4 Å². The summed E-state index contributed by atoms with van der Waals surface area (Å²) in [4.78, 5) is 15.4. The van der Waals surface area contributed by atoms with E-state index in [4.69, 9.17) is 4.74 Å². The van der Waals surface area contributed by atoms with E-state index in [0.29, 0.717) is 17.1 Å². The summed E-state index contributed by atoms with van der Waals surface area (Å²) in [6, 6.07) is 8.26. The normalized spacial score (nSPS) is 12.0. The molecule has 188 valence electrons. The highest BCUT2D eigenvalue weighted by Gasteiger charge is 2.34. The van der Waals surface area contributed by atoms with Gasteiger partial charge in [0.1, 0.15) is 12.4 Å². The third kappa shape index (κ3) is 6.19. The number of aliphatic hydroxyl groups is 1. The SMILES string of the molecule is Cc1csc(S(=O)(=O)N(CC(C)(C)O)c2cc(C)c(C)cc2OCc2ccc(C(=O)O)cc2C)n1. The third-order valence-corrected chi connectivity index (χ3v) is 8.57. The van der Waals surface area contributed by atoms with Crippen LogP contribution in [0.1, 0.15) is 52.2 Å². The molecular formula is C25H30N2O6S2. The fourth-order valence-electron chi connectivity index (χ4n) is 3.43. The van der Waals surface area contributed by atoms with Crippen LogP contribution in [0.4, 0.5) is 5.69 Å². The zero-order valence-corrected chi connectivity index (χ0v) is 22.2. The molecule has 2 N–H and O–H groups in total. The molecule has 35 heavy (non-hydrogen) atoms. The van der Waals surface area contributed by atoms with Crippen molar-refractivity contribution >= 4 is 33.0 Å². The smallest absolute Gasteiger partial charge is 0.335 e. The van der Waals surface area contributed by atoms with E-state index >= 15 is 0 Å². The Morgan fingerprint density at radius 1 is 1.09 bits per heavy atom. The summed E-state index contributed by atoms with van der Waals surface area (Å²) in [6.07, 6.45) is 0. The molecule has 1 heterocycles. The highest BCUT2D eigenvalue weighted by atomic mass is 32.2. The molecule has 0 unspecified atom stereocenters. The van der Waals surface area contributed by atoms with E-state index in [1.165, 1.54) is 19.9 Å². The Labute approximate surface area is 209 Å². The van der Waals surface area contributed by atoms with Crippen LogP contribution < -0.4 is 9.04 Å². The van der Waals surface area contributed by atoms with Gasteiger partial charge in [-0.2, -0.15) is 8.42 Å². The van der Waals surface area contributed by atoms with E-state index in [1.54, 1.807) is 43.5 Å². The molecule has 0 saturated carbocycles. The zero-order chi connectivity index (χ0) is 26.1. The van der Waals surface area contributed by atoms with Crippen molar-refractivity contribution in [3.8, 4) is 5.75 Å². The number of aromatic nitrogens is 1. The van der Waals surface area contributed by atoms with E-state index in [2.05, 4.69) is 4.98 Å². The second-order valence-electron chi connectivity index (χ2n) is 9.22. The number of nitrogens with zero attached hydrogens (tertiary/aromatic N) is 2. The number of carbonyl (C=O) groups is 1. The lowest BCUT2D eigenvalue weighted by Crippen LogP contribution is -2.42. The Morgan fingerprint density at radius 3 is 2.29 bits per heavy atom. The summed E-state index contributed by atoms with van der Waals surface area (Å²) in [5.74, 6) is -0.683. The largest absolute Gasteiger partial charge is 0.487 e. The first-order valence-corrected chi connectivity index (χ1v) is 13.2. The molecule has 3 aromatic rings. The minimum atomic E-state index is -4.09. The number of rotatable bonds is 9. The van der Waals surface area contributed by atoms with Gasteiger partial charge in [-0.1, -0.05) is 6.07 Å². The molecule has 3 rings (SSSR count). The summed E-state index contributed by atoms with van der Waals surface area (Å²) >= 11 is 1.02. The number of ether oxygens (including phenoxy) is 1. The van der Waals surface area contributed by atoms with Gasteiger partial charge in [-0.25, -0.2) is 9.78 Å². The van der Waals surface area contributed by atoms with E-state index in [0.717, 1.165) is 37.9 Å². The lowest BCUT2D eigenvalue weighted by Gasteiger charge is -2.31. The predicted octanol–water partition coefficient (Wildman–Crippen LogP) is 4.62. The average Bonchev–Trinajstić information content (AvgIpc) is 3.19. The summed E-state index contributed by atoms with van der Waals surface area (Å²) in [5.41, 5.74) is 3.02. The first-order valence-electron chi connectivity index (χ1n) is 10.9. The highest BCUT2D eigenvalue weighted by molar-refractivity contribution is 7.94. The minimum absolute atomic E-state index is 0.0662. The van der Waals surface area contributed by atoms with Gasteiger partial charge in [0, 0.05) is 11.1 Å². The van der Waals surface area contributed by atoms with Crippen molar-refractivity contribution in [3.05, 3.63) is 69.2 Å². The molecule has 2 aromatic carbocycles. The van der Waals surface area contributed by atoms with Gasteiger partial charge in [0.15, 0.2) is 0 Å². The number of carboxylic acids is 1. The van der Waals surface area contributed by atoms with E-state index in [9.17, 15) is 23.4 Å². The van der Waals surface area contributed by atoms with Gasteiger partial charge < -0.3 is 14.9 Å². The van der Waals surface area contributed by atoms with Crippen LogP contribution >= 0.6 is 11.3 Å². The molecule has 0 aliphatic rings. The molecule has 1 aromatic heterocycles. The molecule has 0 atom stereocenters. The topological polar surface area (TPSA) is 117 Å². The van der Waals surface area contributed by atoms with Gasteiger partial charge >= 0.3 is 5.97 Å². The third-order valence-electron chi connectivity index (χ3n) is 5.46. The van der Waals surface area contributed by atoms with Crippen molar-refractivity contribution in [2.45, 2.75) is 58.1 Å². The van der Waals surface area contributed by atoms with Crippen molar-refractivity contribution in [2.75, 3.05) is 10.8 Å². The second kappa shape index (κ2) is 9.96. The first-order chi connectivity index (χ1) is 16.2. The second-order valence-corrected chi connectivity index (χ2v) is 12.1. The number of hydrogen-bond acceptors (Lipinski definition) is 7. The number of aryl methyl sites for hydroxylation is 4. The van der Waals surface area contributed by atoms with Crippen LogP contribution in [-0.4, -0.2) is 41.7 Å². The van der Waals surface area contributed by atoms with Gasteiger partial charge in [0.25, 0.3) is 10.0 Å².